The molecule has 0 spiro atoms. The number of hydrogen-bond donors (Lipinski definition) is 3. The summed E-state index contributed by atoms with van der Waals surface area (Å²) < 4.78 is 82.5. The Morgan fingerprint density at radius 3 is 2.16 bits per heavy atom. The van der Waals surface area contributed by atoms with Crippen LogP contribution in [0.2, 0.25) is 0 Å². The minimum absolute atomic E-state index is 0.0365. The molecule has 1 saturated carbocycles. The summed E-state index contributed by atoms with van der Waals surface area (Å²) in [5.74, 6) is 1.09. The topological polar surface area (TPSA) is 157 Å². The average Bonchev–Trinajstić information content (AvgIpc) is 3.47. The van der Waals surface area contributed by atoms with Crippen molar-refractivity contribution in [2.75, 3.05) is 5.73 Å². The Bertz CT molecular complexity index is 1760. The first-order valence-electron chi connectivity index (χ1n) is 14.5. The summed E-state index contributed by atoms with van der Waals surface area (Å²) in [5, 5.41) is 12.2. The van der Waals surface area contributed by atoms with Crippen LogP contribution in [0.5, 0.6) is 0 Å². The van der Waals surface area contributed by atoms with E-state index < -0.39 is 23.6 Å². The van der Waals surface area contributed by atoms with Crippen LogP contribution in [0.1, 0.15) is 83.8 Å². The van der Waals surface area contributed by atoms with E-state index >= 15 is 0 Å². The van der Waals surface area contributed by atoms with E-state index in [1.807, 2.05) is 4.90 Å². The second-order valence-corrected chi connectivity index (χ2v) is 12.1. The summed E-state index contributed by atoms with van der Waals surface area (Å²) >= 11 is 0. The van der Waals surface area contributed by atoms with Gasteiger partial charge in [0.05, 0.1) is 17.6 Å². The summed E-state index contributed by atoms with van der Waals surface area (Å²) in [5.41, 5.74) is 8.05. The zero-order valence-corrected chi connectivity index (χ0v) is 23.8. The molecule has 4 aromatic heterocycles. The average molecular weight is 635 g/mol. The smallest absolute Gasteiger partial charge is 0.383 e. The van der Waals surface area contributed by atoms with Crippen LogP contribution in [-0.4, -0.2) is 70.0 Å². The van der Waals surface area contributed by atoms with Crippen LogP contribution in [0.4, 0.5) is 32.2 Å². The molecule has 2 saturated heterocycles. The van der Waals surface area contributed by atoms with Crippen molar-refractivity contribution in [3.8, 4) is 11.1 Å². The third kappa shape index (κ3) is 4.53. The predicted molar refractivity (Wildman–Crippen MR) is 147 cm³/mol. The van der Waals surface area contributed by atoms with E-state index in [0.29, 0.717) is 41.8 Å². The highest BCUT2D eigenvalue weighted by molar-refractivity contribution is 5.91. The number of halogens is 6. The molecular formula is C28H28F6N10O. The molecule has 17 heteroatoms. The number of nitrogens with one attached hydrogen (secondary N) is 1. The Hall–Kier alpha value is -4.28. The summed E-state index contributed by atoms with van der Waals surface area (Å²) in [4.78, 5) is 26.6. The first kappa shape index (κ1) is 29.4. The number of anilines is 1. The van der Waals surface area contributed by atoms with Crippen molar-refractivity contribution < 1.29 is 31.1 Å². The van der Waals surface area contributed by atoms with Gasteiger partial charge in [-0.2, -0.15) is 36.0 Å². The number of aromatic nitrogens is 7. The lowest BCUT2D eigenvalue weighted by molar-refractivity contribution is -0.303. The second kappa shape index (κ2) is 9.86. The van der Waals surface area contributed by atoms with Crippen molar-refractivity contribution >= 4 is 17.4 Å². The number of rotatable bonds is 5. The molecule has 45 heavy (non-hydrogen) atoms. The summed E-state index contributed by atoms with van der Waals surface area (Å²) in [7, 11) is 0. The molecule has 238 valence electrons. The van der Waals surface area contributed by atoms with Gasteiger partial charge in [0.25, 0.3) is 11.4 Å². The van der Waals surface area contributed by atoms with Crippen LogP contribution >= 0.6 is 0 Å². The number of aromatic amines is 1. The van der Waals surface area contributed by atoms with Crippen molar-refractivity contribution in [1.29, 1.82) is 0 Å². The van der Waals surface area contributed by atoms with E-state index in [1.165, 1.54) is 10.7 Å². The van der Waals surface area contributed by atoms with Gasteiger partial charge in [0.15, 0.2) is 5.65 Å². The van der Waals surface area contributed by atoms with Gasteiger partial charge in [-0.3, -0.25) is 9.78 Å². The summed E-state index contributed by atoms with van der Waals surface area (Å²) in [6.45, 7) is 1.72. The normalized spacial score (nSPS) is 22.4. The quantitative estimate of drug-likeness (QED) is 0.271. The Morgan fingerprint density at radius 1 is 0.956 bits per heavy atom. The lowest BCUT2D eigenvalue weighted by Gasteiger charge is -2.39. The molecule has 3 aliphatic rings. The van der Waals surface area contributed by atoms with E-state index in [2.05, 4.69) is 25.3 Å². The maximum atomic E-state index is 13.5. The second-order valence-electron chi connectivity index (χ2n) is 12.1. The number of piperidine rings is 1. The van der Waals surface area contributed by atoms with Crippen molar-refractivity contribution in [1.82, 2.24) is 39.7 Å². The van der Waals surface area contributed by atoms with E-state index in [4.69, 9.17) is 16.5 Å². The first-order valence-corrected chi connectivity index (χ1v) is 14.5. The number of fused-ring (bicyclic) bond motifs is 3. The van der Waals surface area contributed by atoms with E-state index in [0.717, 1.165) is 49.2 Å². The molecule has 0 aromatic carbocycles. The van der Waals surface area contributed by atoms with Crippen LogP contribution in [0.3, 0.4) is 0 Å². The summed E-state index contributed by atoms with van der Waals surface area (Å²) in [6.07, 6.45) is -4.57. The maximum absolute atomic E-state index is 13.5. The number of nitrogens with two attached hydrogens (primary N) is 2. The molecule has 3 atom stereocenters. The molecule has 0 radical (unpaired) electrons. The van der Waals surface area contributed by atoms with Crippen LogP contribution < -0.4 is 11.5 Å². The number of carbonyl (C=O) groups excluding carboxylic acids is 1. The molecule has 6 heterocycles. The fraction of sp³-hybridized carbons (Fsp3) is 0.500. The number of nitrogen functional groups attached to an aromatic ring is 1. The van der Waals surface area contributed by atoms with E-state index in [-0.39, 0.29) is 41.2 Å². The molecule has 2 aliphatic heterocycles. The molecule has 1 amide bonds. The van der Waals surface area contributed by atoms with Gasteiger partial charge in [-0.15, -0.1) is 10.2 Å². The van der Waals surface area contributed by atoms with Gasteiger partial charge in [-0.1, -0.05) is 6.07 Å². The molecule has 3 fully saturated rings. The van der Waals surface area contributed by atoms with Gasteiger partial charge in [-0.05, 0) is 57.4 Å². The zero-order chi connectivity index (χ0) is 32.1. The number of hydrogen-bond acceptors (Lipinski definition) is 8. The highest BCUT2D eigenvalue weighted by Gasteiger charge is 2.70. The Morgan fingerprint density at radius 2 is 1.62 bits per heavy atom. The number of pyridine rings is 1. The van der Waals surface area contributed by atoms with Crippen LogP contribution in [0.25, 0.3) is 16.8 Å². The number of H-pyrrole nitrogens is 1. The van der Waals surface area contributed by atoms with Gasteiger partial charge in [0, 0.05) is 40.9 Å². The van der Waals surface area contributed by atoms with Crippen molar-refractivity contribution in [3.63, 3.8) is 0 Å². The largest absolute Gasteiger partial charge is 0.421 e. The number of nitrogens with zero attached hydrogens (tertiary/aromatic N) is 7. The minimum Gasteiger partial charge on any atom is -0.383 e. The van der Waals surface area contributed by atoms with Crippen LogP contribution in [0.15, 0.2) is 24.5 Å². The highest BCUT2D eigenvalue weighted by Crippen LogP contribution is 2.51. The molecule has 2 bridgehead atoms. The zero-order valence-electron chi connectivity index (χ0n) is 23.8. The van der Waals surface area contributed by atoms with Crippen LogP contribution in [-0.2, 0) is 5.54 Å². The van der Waals surface area contributed by atoms with Crippen LogP contribution in [0, 0.1) is 6.92 Å². The number of carbonyl (C=O) groups is 1. The molecule has 5 N–H and O–H groups in total. The van der Waals surface area contributed by atoms with Crippen molar-refractivity contribution in [2.24, 2.45) is 5.73 Å². The third-order valence-corrected chi connectivity index (χ3v) is 9.26. The molecule has 0 unspecified atom stereocenters. The Labute approximate surface area is 251 Å². The fourth-order valence-corrected chi connectivity index (χ4v) is 6.88. The monoisotopic (exact) mass is 634 g/mol. The van der Waals surface area contributed by atoms with Gasteiger partial charge < -0.3 is 21.4 Å². The van der Waals surface area contributed by atoms with Crippen molar-refractivity contribution in [3.05, 3.63) is 53.1 Å². The number of alkyl halides is 6. The maximum Gasteiger partial charge on any atom is 0.421 e. The van der Waals surface area contributed by atoms with Gasteiger partial charge in [0.1, 0.15) is 11.6 Å². The molecule has 4 aromatic rings. The molecule has 11 nitrogen and oxygen atoms in total. The van der Waals surface area contributed by atoms with Crippen molar-refractivity contribution in [2.45, 2.75) is 87.3 Å². The lowest BCUT2D eigenvalue weighted by Crippen LogP contribution is -2.61. The highest BCUT2D eigenvalue weighted by atomic mass is 19.4. The lowest BCUT2D eigenvalue weighted by atomic mass is 9.85. The number of amides is 1. The Kier molecular flexibility index (Phi) is 6.45. The number of aryl methyl sites for hydroxylation is 1. The molecule has 7 rings (SSSR count). The molecular weight excluding hydrogens is 606 g/mol. The first-order chi connectivity index (χ1) is 21.2. The van der Waals surface area contributed by atoms with Gasteiger partial charge >= 0.3 is 12.4 Å². The fourth-order valence-electron chi connectivity index (χ4n) is 6.88. The third-order valence-electron chi connectivity index (χ3n) is 9.26. The summed E-state index contributed by atoms with van der Waals surface area (Å²) in [6, 6.07) is 1.61. The van der Waals surface area contributed by atoms with Gasteiger partial charge in [-0.25, -0.2) is 4.98 Å². The standard InChI is InChI=1S/C28H28F6N10O/c1-12-39-23(42-41-12)25(45)43-16-5-6-17(43)9-15(8-16)21-20(13-2-3-13)22(35)44-24(40-21)18(11-38-44)14-4-7-19(37-10-14)26(36,27(29,30)31)28(32,33)34/h4,7,10-11,13,15-17H,2-3,5-6,8-9,35-36H2,1H3,(H,39,41,42)/t15-,16+,17-. The molecule has 1 aliphatic carbocycles. The van der Waals surface area contributed by atoms with E-state index in [9.17, 15) is 31.1 Å². The Balaban J connectivity index is 1.25. The predicted octanol–water partition coefficient (Wildman–Crippen LogP) is 4.51. The van der Waals surface area contributed by atoms with E-state index in [1.54, 1.807) is 6.92 Å². The van der Waals surface area contributed by atoms with Gasteiger partial charge in [0.2, 0.25) is 5.82 Å². The minimum atomic E-state index is -5.83. The SMILES string of the molecule is Cc1nnc(C(=O)N2[C@@H]3CC[C@H]2C[C@@H](c2nc4c(-c5ccc(C(N)(C(F)(F)F)C(F)(F)F)nc5)cnn4c(N)c2C2CC2)C3)[nH]1.